The largest absolute Gasteiger partial charge is 0.495 e. The summed E-state index contributed by atoms with van der Waals surface area (Å²) in [4.78, 5) is 23.8. The number of aromatic nitrogens is 3. The third-order valence-electron chi connectivity index (χ3n) is 5.73. The van der Waals surface area contributed by atoms with Crippen molar-refractivity contribution in [2.45, 2.75) is 51.3 Å². The minimum Gasteiger partial charge on any atom is -0.495 e. The second-order valence-electron chi connectivity index (χ2n) is 10.3. The smallest absolute Gasteiger partial charge is 0.408 e. The molecule has 4 rings (SSSR count). The van der Waals surface area contributed by atoms with Gasteiger partial charge in [0.1, 0.15) is 22.8 Å². The fourth-order valence-corrected chi connectivity index (χ4v) is 5.21. The summed E-state index contributed by atoms with van der Waals surface area (Å²) in [7, 11) is -2.59. The molecule has 4 aromatic rings. The van der Waals surface area contributed by atoms with E-state index < -0.39 is 21.7 Å². The van der Waals surface area contributed by atoms with Gasteiger partial charge in [0.15, 0.2) is 11.4 Å². The zero-order valence-corrected chi connectivity index (χ0v) is 24.2. The maximum absolute atomic E-state index is 13.0. The molecule has 0 unspecified atom stereocenters. The summed E-state index contributed by atoms with van der Waals surface area (Å²) < 4.78 is 46.0. The third-order valence-corrected chi connectivity index (χ3v) is 7.11. The van der Waals surface area contributed by atoms with Crippen molar-refractivity contribution in [2.24, 2.45) is 0 Å². The molecule has 0 aliphatic heterocycles. The Kier molecular flexibility index (Phi) is 8.52. The van der Waals surface area contributed by atoms with E-state index in [2.05, 4.69) is 25.6 Å². The summed E-state index contributed by atoms with van der Waals surface area (Å²) in [6, 6.07) is 9.95. The lowest BCUT2D eigenvalue weighted by molar-refractivity contribution is -0.120. The van der Waals surface area contributed by atoms with Gasteiger partial charge in [-0.3, -0.25) is 14.2 Å². The summed E-state index contributed by atoms with van der Waals surface area (Å²) in [6.07, 6.45) is 2.75. The molecule has 41 heavy (non-hydrogen) atoms. The van der Waals surface area contributed by atoms with Gasteiger partial charge in [0.2, 0.25) is 5.91 Å². The van der Waals surface area contributed by atoms with E-state index in [0.29, 0.717) is 17.5 Å². The number of rotatable bonds is 10. The Labute approximate surface area is 237 Å². The number of carbonyl (C=O) groups excluding carboxylic acids is 2. The minimum atomic E-state index is -3.99. The first-order valence-corrected chi connectivity index (χ1v) is 14.1. The molecule has 0 fully saturated rings. The van der Waals surface area contributed by atoms with Crippen LogP contribution in [0, 0.1) is 6.92 Å². The van der Waals surface area contributed by atoms with Crippen LogP contribution >= 0.6 is 0 Å². The third kappa shape index (κ3) is 7.54. The summed E-state index contributed by atoms with van der Waals surface area (Å²) in [6.45, 7) is 7.46. The molecule has 0 radical (unpaired) electrons. The van der Waals surface area contributed by atoms with E-state index in [-0.39, 0.29) is 35.5 Å². The van der Waals surface area contributed by atoms with Crippen LogP contribution in [0.1, 0.15) is 37.5 Å². The van der Waals surface area contributed by atoms with E-state index in [9.17, 15) is 18.0 Å². The van der Waals surface area contributed by atoms with Crippen LogP contribution in [0.2, 0.25) is 0 Å². The van der Waals surface area contributed by atoms with E-state index >= 15 is 0 Å². The van der Waals surface area contributed by atoms with Crippen molar-refractivity contribution in [1.29, 1.82) is 0 Å². The molecular formula is C27H32N6O7S. The van der Waals surface area contributed by atoms with Crippen LogP contribution in [0.15, 0.2) is 58.2 Å². The lowest BCUT2D eigenvalue weighted by atomic mass is 10.1. The molecule has 2 aromatic heterocycles. The SMILES string of the molecule is COc1ccccc1S(=O)(=O)Nc1noc2cc(Cn3cc(CNC(=O)CNC(=O)OC(C)(C)C)cn3)cc(C)c12. The number of nitrogens with one attached hydrogen (secondary N) is 3. The predicted molar refractivity (Wildman–Crippen MR) is 150 cm³/mol. The van der Waals surface area contributed by atoms with Crippen LogP contribution in [-0.4, -0.2) is 54.6 Å². The van der Waals surface area contributed by atoms with Gasteiger partial charge < -0.3 is 24.6 Å². The molecule has 2 heterocycles. The fourth-order valence-electron chi connectivity index (χ4n) is 4.03. The summed E-state index contributed by atoms with van der Waals surface area (Å²) in [5, 5.41) is 14.0. The molecule has 2 amide bonds. The van der Waals surface area contributed by atoms with Crippen LogP contribution in [-0.2, 0) is 32.6 Å². The highest BCUT2D eigenvalue weighted by Crippen LogP contribution is 2.31. The lowest BCUT2D eigenvalue weighted by Gasteiger charge is -2.19. The van der Waals surface area contributed by atoms with Crippen molar-refractivity contribution < 1.29 is 32.0 Å². The van der Waals surface area contributed by atoms with Gasteiger partial charge in [-0.1, -0.05) is 23.4 Å². The maximum atomic E-state index is 13.0. The van der Waals surface area contributed by atoms with Crippen molar-refractivity contribution >= 4 is 38.8 Å². The Bertz CT molecular complexity index is 1670. The van der Waals surface area contributed by atoms with E-state index in [1.54, 1.807) is 62.1 Å². The Morgan fingerprint density at radius 2 is 1.85 bits per heavy atom. The van der Waals surface area contributed by atoms with Gasteiger partial charge in [-0.25, -0.2) is 13.2 Å². The molecule has 3 N–H and O–H groups in total. The molecule has 2 aromatic carbocycles. The van der Waals surface area contributed by atoms with Gasteiger partial charge in [0, 0.05) is 18.3 Å². The average molecular weight is 585 g/mol. The van der Waals surface area contributed by atoms with Crippen molar-refractivity contribution in [1.82, 2.24) is 25.6 Å². The molecule has 14 heteroatoms. The summed E-state index contributed by atoms with van der Waals surface area (Å²) in [5.74, 6) is -0.0807. The molecule has 0 aliphatic carbocycles. The molecule has 13 nitrogen and oxygen atoms in total. The molecular weight excluding hydrogens is 552 g/mol. The lowest BCUT2D eigenvalue weighted by Crippen LogP contribution is -2.39. The number of carbonyl (C=O) groups is 2. The highest BCUT2D eigenvalue weighted by Gasteiger charge is 2.23. The number of hydrogen-bond acceptors (Lipinski definition) is 9. The Balaban J connectivity index is 1.38. The molecule has 0 bridgehead atoms. The monoisotopic (exact) mass is 584 g/mol. The Morgan fingerprint density at radius 3 is 2.59 bits per heavy atom. The first-order chi connectivity index (χ1) is 19.3. The molecule has 0 atom stereocenters. The van der Waals surface area contributed by atoms with Crippen molar-refractivity contribution in [3.63, 3.8) is 0 Å². The number of alkyl carbamates (subject to hydrolysis) is 1. The minimum absolute atomic E-state index is 0.0158. The van der Waals surface area contributed by atoms with Crippen LogP contribution in [0.25, 0.3) is 11.0 Å². The maximum Gasteiger partial charge on any atom is 0.408 e. The normalized spacial score (nSPS) is 11.7. The van der Waals surface area contributed by atoms with E-state index in [1.165, 1.54) is 13.2 Å². The van der Waals surface area contributed by atoms with Gasteiger partial charge in [0.25, 0.3) is 10.0 Å². The van der Waals surface area contributed by atoms with Gasteiger partial charge in [-0.2, -0.15) is 5.10 Å². The number of para-hydroxylation sites is 1. The van der Waals surface area contributed by atoms with E-state index in [1.807, 2.05) is 13.0 Å². The molecule has 0 saturated heterocycles. The molecule has 0 saturated carbocycles. The second-order valence-corrected chi connectivity index (χ2v) is 11.9. The Morgan fingerprint density at radius 1 is 1.10 bits per heavy atom. The van der Waals surface area contributed by atoms with Crippen LogP contribution in [0.3, 0.4) is 0 Å². The average Bonchev–Trinajstić information content (AvgIpc) is 3.51. The zero-order chi connectivity index (χ0) is 29.8. The highest BCUT2D eigenvalue weighted by molar-refractivity contribution is 7.92. The van der Waals surface area contributed by atoms with E-state index in [4.69, 9.17) is 14.0 Å². The molecule has 0 spiro atoms. The van der Waals surface area contributed by atoms with Crippen molar-refractivity contribution in [3.8, 4) is 5.75 Å². The number of fused-ring (bicyclic) bond motifs is 1. The fraction of sp³-hybridized carbons (Fsp3) is 0.333. The summed E-state index contributed by atoms with van der Waals surface area (Å²) >= 11 is 0. The van der Waals surface area contributed by atoms with Gasteiger partial charge in [-0.15, -0.1) is 0 Å². The summed E-state index contributed by atoms with van der Waals surface area (Å²) in [5.41, 5.74) is 2.14. The standard InChI is InChI=1S/C27H32N6O7S/c1-17-10-18(15-33-16-19(13-30-33)12-28-23(34)14-29-26(35)39-27(2,3)4)11-21-24(17)25(31-40-21)32-41(36,37)22-9-7-6-8-20(22)38-5/h6-11,13,16H,12,14-15H2,1-5H3,(H,28,34)(H,29,35)(H,31,32). The quantitative estimate of drug-likeness (QED) is 0.253. The second kappa shape index (κ2) is 11.9. The first-order valence-electron chi connectivity index (χ1n) is 12.6. The molecule has 218 valence electrons. The van der Waals surface area contributed by atoms with Crippen LogP contribution in [0.4, 0.5) is 10.6 Å². The zero-order valence-electron chi connectivity index (χ0n) is 23.3. The number of benzene rings is 2. The predicted octanol–water partition coefficient (Wildman–Crippen LogP) is 3.33. The highest BCUT2D eigenvalue weighted by atomic mass is 32.2. The number of hydrogen-bond donors (Lipinski definition) is 3. The van der Waals surface area contributed by atoms with Crippen LogP contribution < -0.4 is 20.1 Å². The van der Waals surface area contributed by atoms with Crippen LogP contribution in [0.5, 0.6) is 5.75 Å². The number of methoxy groups -OCH3 is 1. The molecule has 0 aliphatic rings. The number of aryl methyl sites for hydroxylation is 1. The van der Waals surface area contributed by atoms with Gasteiger partial charge in [-0.05, 0) is 57.0 Å². The van der Waals surface area contributed by atoms with E-state index in [0.717, 1.165) is 16.7 Å². The number of sulfonamides is 1. The van der Waals surface area contributed by atoms with Crippen molar-refractivity contribution in [3.05, 3.63) is 65.5 Å². The number of amides is 2. The number of anilines is 1. The first kappa shape index (κ1) is 29.4. The van der Waals surface area contributed by atoms with Gasteiger partial charge in [0.05, 0.1) is 25.2 Å². The number of ether oxygens (including phenoxy) is 2. The van der Waals surface area contributed by atoms with Gasteiger partial charge >= 0.3 is 6.09 Å². The topological polar surface area (TPSA) is 167 Å². The number of nitrogens with zero attached hydrogens (tertiary/aromatic N) is 3. The van der Waals surface area contributed by atoms with Crippen molar-refractivity contribution in [2.75, 3.05) is 18.4 Å². The Hall–Kier alpha value is -4.59.